The van der Waals surface area contributed by atoms with Gasteiger partial charge in [0, 0.05) is 12.5 Å². The fraction of sp³-hybridized carbons (Fsp3) is 0.429. The zero-order chi connectivity index (χ0) is 14.6. The van der Waals surface area contributed by atoms with E-state index in [1.54, 1.807) is 33.8 Å². The molecule has 0 atom stereocenters. The normalized spacial score (nSPS) is 10.9. The summed E-state index contributed by atoms with van der Waals surface area (Å²) in [6.45, 7) is 10.6. The maximum atomic E-state index is 12.1. The number of anilines is 1. The van der Waals surface area contributed by atoms with Crippen molar-refractivity contribution in [1.82, 2.24) is 0 Å². The number of hydrogen-bond acceptors (Lipinski definition) is 4. The van der Waals surface area contributed by atoms with Crippen LogP contribution in [0, 0.1) is 0 Å². The summed E-state index contributed by atoms with van der Waals surface area (Å²) < 4.78 is 10.3. The molecule has 5 heteroatoms. The van der Waals surface area contributed by atoms with Crippen molar-refractivity contribution in [3.05, 3.63) is 30.5 Å². The minimum atomic E-state index is -0.756. The Hall–Kier alpha value is -2.04. The molecule has 0 fully saturated rings. The van der Waals surface area contributed by atoms with Gasteiger partial charge in [-0.1, -0.05) is 12.2 Å². The number of furan rings is 1. The maximum absolute atomic E-state index is 12.1. The zero-order valence-electron chi connectivity index (χ0n) is 11.7. The van der Waals surface area contributed by atoms with Crippen LogP contribution in [0.5, 0.6) is 0 Å². The van der Waals surface area contributed by atoms with Crippen molar-refractivity contribution in [2.24, 2.45) is 0 Å². The van der Waals surface area contributed by atoms with E-state index in [1.165, 1.54) is 12.3 Å². The molecular formula is C14H19NO4. The van der Waals surface area contributed by atoms with Gasteiger partial charge in [0.05, 0.1) is 6.26 Å². The third-order valence-corrected chi connectivity index (χ3v) is 2.01. The Labute approximate surface area is 112 Å². The number of carbonyl (C=O) groups is 2. The van der Waals surface area contributed by atoms with Crippen LogP contribution in [0.25, 0.3) is 0 Å². The quantitative estimate of drug-likeness (QED) is 0.784. The highest BCUT2D eigenvalue weighted by molar-refractivity contribution is 6.11. The number of rotatable bonds is 3. The minimum Gasteiger partial charge on any atom is -0.448 e. The molecule has 0 aromatic carbocycles. The van der Waals surface area contributed by atoms with Crippen LogP contribution in [0.1, 0.15) is 34.1 Å². The van der Waals surface area contributed by atoms with Crippen molar-refractivity contribution in [2.75, 3.05) is 4.90 Å². The first-order valence-electron chi connectivity index (χ1n) is 5.94. The molecule has 0 radical (unpaired) electrons. The van der Waals surface area contributed by atoms with Gasteiger partial charge in [0.2, 0.25) is 11.8 Å². The third-order valence-electron chi connectivity index (χ3n) is 2.01. The Morgan fingerprint density at radius 3 is 2.47 bits per heavy atom. The van der Waals surface area contributed by atoms with Crippen LogP contribution in [-0.2, 0) is 9.53 Å². The highest BCUT2D eigenvalue weighted by Crippen LogP contribution is 2.20. The lowest BCUT2D eigenvalue weighted by Gasteiger charge is -2.24. The molecule has 0 N–H and O–H groups in total. The molecule has 0 unspecified atom stereocenters. The van der Waals surface area contributed by atoms with Gasteiger partial charge in [-0.25, -0.2) is 4.79 Å². The van der Waals surface area contributed by atoms with Crippen molar-refractivity contribution in [3.8, 4) is 0 Å². The molecule has 104 valence electrons. The number of ether oxygens (including phenoxy) is 1. The number of carbonyl (C=O) groups excluding carboxylic acids is 2. The van der Waals surface area contributed by atoms with E-state index < -0.39 is 17.6 Å². The lowest BCUT2D eigenvalue weighted by molar-refractivity contribution is -0.117. The van der Waals surface area contributed by atoms with Crippen molar-refractivity contribution in [2.45, 2.75) is 39.7 Å². The van der Waals surface area contributed by atoms with Gasteiger partial charge < -0.3 is 9.15 Å². The standard InChI is InChI=1S/C14H19NO4/c1-10(2)9-11(16)15(12-7-6-8-18-12)13(17)19-14(3,4)5/h6-8H,1,9H2,2-5H3. The van der Waals surface area contributed by atoms with Crippen molar-refractivity contribution in [3.63, 3.8) is 0 Å². The van der Waals surface area contributed by atoms with E-state index in [9.17, 15) is 9.59 Å². The smallest absolute Gasteiger partial charge is 0.424 e. The van der Waals surface area contributed by atoms with Crippen molar-refractivity contribution in [1.29, 1.82) is 0 Å². The number of hydrogen-bond donors (Lipinski definition) is 0. The van der Waals surface area contributed by atoms with Gasteiger partial charge in [0.25, 0.3) is 0 Å². The number of amides is 2. The topological polar surface area (TPSA) is 59.8 Å². The predicted octanol–water partition coefficient (Wildman–Crippen LogP) is 3.51. The Kier molecular flexibility index (Phi) is 4.53. The maximum Gasteiger partial charge on any atom is 0.424 e. The largest absolute Gasteiger partial charge is 0.448 e. The lowest BCUT2D eigenvalue weighted by atomic mass is 10.2. The molecule has 2 amide bonds. The first-order valence-corrected chi connectivity index (χ1v) is 5.94. The molecule has 19 heavy (non-hydrogen) atoms. The van der Waals surface area contributed by atoms with Crippen molar-refractivity contribution < 1.29 is 18.7 Å². The highest BCUT2D eigenvalue weighted by atomic mass is 16.6. The monoisotopic (exact) mass is 265 g/mol. The number of nitrogens with zero attached hydrogens (tertiary/aromatic N) is 1. The second kappa shape index (κ2) is 5.73. The van der Waals surface area contributed by atoms with Gasteiger partial charge in [0.1, 0.15) is 5.60 Å². The summed E-state index contributed by atoms with van der Waals surface area (Å²) in [5.41, 5.74) is -0.0315. The Morgan fingerprint density at radius 1 is 1.42 bits per heavy atom. The first-order chi connectivity index (χ1) is 8.70. The molecule has 0 aliphatic rings. The predicted molar refractivity (Wildman–Crippen MR) is 71.9 cm³/mol. The van der Waals surface area contributed by atoms with Gasteiger partial charge in [0.15, 0.2) is 0 Å². The highest BCUT2D eigenvalue weighted by Gasteiger charge is 2.30. The van der Waals surface area contributed by atoms with Crippen LogP contribution < -0.4 is 4.90 Å². The molecule has 0 spiro atoms. The third kappa shape index (κ3) is 4.62. The second-order valence-corrected chi connectivity index (χ2v) is 5.29. The average molecular weight is 265 g/mol. The summed E-state index contributed by atoms with van der Waals surface area (Å²) in [4.78, 5) is 25.0. The molecule has 0 bridgehead atoms. The van der Waals surface area contributed by atoms with Crippen molar-refractivity contribution >= 4 is 17.9 Å². The van der Waals surface area contributed by atoms with E-state index in [0.717, 1.165) is 4.90 Å². The number of imide groups is 1. The molecule has 1 aromatic heterocycles. The second-order valence-electron chi connectivity index (χ2n) is 5.29. The summed E-state index contributed by atoms with van der Waals surface area (Å²) in [6, 6.07) is 3.13. The molecule has 0 aliphatic carbocycles. The fourth-order valence-corrected chi connectivity index (χ4v) is 1.36. The first kappa shape index (κ1) is 15.0. The van der Waals surface area contributed by atoms with Gasteiger partial charge >= 0.3 is 6.09 Å². The van der Waals surface area contributed by atoms with Crippen LogP contribution in [0.15, 0.2) is 35.0 Å². The lowest BCUT2D eigenvalue weighted by Crippen LogP contribution is -2.40. The SMILES string of the molecule is C=C(C)CC(=O)N(C(=O)OC(C)(C)C)c1ccco1. The van der Waals surface area contributed by atoms with Gasteiger partial charge in [-0.15, -0.1) is 0 Å². The van der Waals surface area contributed by atoms with E-state index in [1.807, 2.05) is 0 Å². The van der Waals surface area contributed by atoms with E-state index in [0.29, 0.717) is 5.57 Å². The molecule has 0 saturated heterocycles. The fourth-order valence-electron chi connectivity index (χ4n) is 1.36. The van der Waals surface area contributed by atoms with E-state index in [4.69, 9.17) is 9.15 Å². The summed E-state index contributed by atoms with van der Waals surface area (Å²) in [5, 5.41) is 0. The van der Waals surface area contributed by atoms with E-state index in [-0.39, 0.29) is 12.3 Å². The van der Waals surface area contributed by atoms with Crippen LogP contribution >= 0.6 is 0 Å². The molecule has 1 aromatic rings. The molecule has 5 nitrogen and oxygen atoms in total. The molecule has 0 saturated carbocycles. The Balaban J connectivity index is 2.97. The van der Waals surface area contributed by atoms with Crippen LogP contribution in [0.4, 0.5) is 10.7 Å². The van der Waals surface area contributed by atoms with Gasteiger partial charge in [-0.05, 0) is 33.8 Å². The average Bonchev–Trinajstić information content (AvgIpc) is 2.66. The molecular weight excluding hydrogens is 246 g/mol. The summed E-state index contributed by atoms with van der Waals surface area (Å²) in [7, 11) is 0. The molecule has 1 heterocycles. The van der Waals surface area contributed by atoms with Gasteiger partial charge in [-0.3, -0.25) is 4.79 Å². The minimum absolute atomic E-state index is 0.0555. The summed E-state index contributed by atoms with van der Waals surface area (Å²) in [6.07, 6.45) is 0.689. The summed E-state index contributed by atoms with van der Waals surface area (Å²) >= 11 is 0. The Morgan fingerprint density at radius 2 is 2.05 bits per heavy atom. The van der Waals surface area contributed by atoms with E-state index in [2.05, 4.69) is 6.58 Å². The van der Waals surface area contributed by atoms with Crippen LogP contribution in [-0.4, -0.2) is 17.6 Å². The zero-order valence-corrected chi connectivity index (χ0v) is 11.7. The van der Waals surface area contributed by atoms with Crippen LogP contribution in [0.3, 0.4) is 0 Å². The summed E-state index contributed by atoms with van der Waals surface area (Å²) in [5.74, 6) is -0.294. The Bertz CT molecular complexity index is 468. The molecule has 1 rings (SSSR count). The van der Waals surface area contributed by atoms with Gasteiger partial charge in [-0.2, -0.15) is 4.90 Å². The molecule has 0 aliphatic heterocycles. The van der Waals surface area contributed by atoms with Crippen LogP contribution in [0.2, 0.25) is 0 Å². The van der Waals surface area contributed by atoms with E-state index >= 15 is 0 Å².